The van der Waals surface area contributed by atoms with Crippen molar-refractivity contribution >= 4 is 23.6 Å². The van der Waals surface area contributed by atoms with Gasteiger partial charge in [-0.25, -0.2) is 4.79 Å². The molecule has 0 heterocycles. The summed E-state index contributed by atoms with van der Waals surface area (Å²) >= 11 is 0. The summed E-state index contributed by atoms with van der Waals surface area (Å²) in [5.41, 5.74) is 0. The van der Waals surface area contributed by atoms with E-state index in [2.05, 4.69) is 10.6 Å². The van der Waals surface area contributed by atoms with E-state index in [1.165, 1.54) is 6.92 Å². The van der Waals surface area contributed by atoms with Crippen molar-refractivity contribution < 1.29 is 24.3 Å². The van der Waals surface area contributed by atoms with Gasteiger partial charge in [0.05, 0.1) is 0 Å². The van der Waals surface area contributed by atoms with Crippen LogP contribution in [0.25, 0.3) is 0 Å². The Morgan fingerprint density at radius 1 is 1.23 bits per heavy atom. The molecule has 1 aliphatic rings. The van der Waals surface area contributed by atoms with Crippen LogP contribution in [0, 0.1) is 11.8 Å². The van der Waals surface area contributed by atoms with Crippen LogP contribution in [0.4, 0.5) is 0 Å². The number of ketones is 1. The fourth-order valence-corrected chi connectivity index (χ4v) is 2.72. The van der Waals surface area contributed by atoms with Crippen molar-refractivity contribution in [2.75, 3.05) is 0 Å². The smallest absolute Gasteiger partial charge is 0.326 e. The summed E-state index contributed by atoms with van der Waals surface area (Å²) in [7, 11) is 0. The molecule has 0 aromatic rings. The van der Waals surface area contributed by atoms with Crippen LogP contribution < -0.4 is 10.6 Å². The summed E-state index contributed by atoms with van der Waals surface area (Å²) in [4.78, 5) is 46.4. The maximum absolute atomic E-state index is 12.3. The molecule has 0 saturated heterocycles. The molecule has 0 radical (unpaired) electrons. The van der Waals surface area contributed by atoms with Gasteiger partial charge in [0.1, 0.15) is 17.9 Å². The minimum absolute atomic E-state index is 0.0269. The second kappa shape index (κ2) is 7.91. The molecule has 124 valence electrons. The van der Waals surface area contributed by atoms with Crippen molar-refractivity contribution in [1.29, 1.82) is 0 Å². The lowest BCUT2D eigenvalue weighted by Gasteiger charge is -2.29. The maximum atomic E-state index is 12.3. The molecule has 22 heavy (non-hydrogen) atoms. The fraction of sp³-hybridized carbons (Fsp3) is 0.733. The van der Waals surface area contributed by atoms with Gasteiger partial charge in [-0.1, -0.05) is 13.8 Å². The largest absolute Gasteiger partial charge is 0.480 e. The van der Waals surface area contributed by atoms with E-state index in [4.69, 9.17) is 0 Å². The number of aliphatic carboxylic acids is 1. The number of nitrogens with one attached hydrogen (secondary N) is 2. The topological polar surface area (TPSA) is 113 Å². The lowest BCUT2D eigenvalue weighted by atomic mass is 9.83. The van der Waals surface area contributed by atoms with Gasteiger partial charge in [-0.05, 0) is 24.7 Å². The standard InChI is InChI=1S/C15H24N2O5/c1-8(2)12(16-9(3)18)14(20)17-13(15(21)22)10-5-4-6-11(19)7-10/h8,10,12-13H,4-7H2,1-3H3,(H,16,18)(H,17,20)(H,21,22)/t10-,12-,13+/m1/s1. The van der Waals surface area contributed by atoms with Gasteiger partial charge in [0.25, 0.3) is 0 Å². The molecule has 3 N–H and O–H groups in total. The van der Waals surface area contributed by atoms with Gasteiger partial charge in [0.2, 0.25) is 11.8 Å². The number of Topliss-reactive ketones (excluding diaryl/α,β-unsaturated/α-hetero) is 1. The maximum Gasteiger partial charge on any atom is 0.326 e. The quantitative estimate of drug-likeness (QED) is 0.660. The van der Waals surface area contributed by atoms with E-state index in [0.717, 1.165) is 0 Å². The number of rotatable bonds is 6. The van der Waals surface area contributed by atoms with Gasteiger partial charge >= 0.3 is 5.97 Å². The average Bonchev–Trinajstić information content (AvgIpc) is 2.41. The second-order valence-electron chi connectivity index (χ2n) is 6.14. The summed E-state index contributed by atoms with van der Waals surface area (Å²) in [6.07, 6.45) is 1.87. The first kappa shape index (κ1) is 18.1. The minimum Gasteiger partial charge on any atom is -0.480 e. The molecule has 1 fully saturated rings. The van der Waals surface area contributed by atoms with E-state index >= 15 is 0 Å². The van der Waals surface area contributed by atoms with Gasteiger partial charge < -0.3 is 15.7 Å². The van der Waals surface area contributed by atoms with Crippen molar-refractivity contribution in [3.8, 4) is 0 Å². The van der Waals surface area contributed by atoms with E-state index in [1.54, 1.807) is 13.8 Å². The van der Waals surface area contributed by atoms with Gasteiger partial charge in [0.15, 0.2) is 0 Å². The highest BCUT2D eigenvalue weighted by molar-refractivity contribution is 5.90. The Hall–Kier alpha value is -1.92. The Labute approximate surface area is 129 Å². The third kappa shape index (κ3) is 5.13. The Morgan fingerprint density at radius 3 is 2.32 bits per heavy atom. The Kier molecular flexibility index (Phi) is 6.52. The lowest BCUT2D eigenvalue weighted by Crippen LogP contribution is -2.55. The van der Waals surface area contributed by atoms with Crippen LogP contribution in [0.2, 0.25) is 0 Å². The van der Waals surface area contributed by atoms with Gasteiger partial charge in [-0.2, -0.15) is 0 Å². The van der Waals surface area contributed by atoms with Crippen LogP contribution in [0.1, 0.15) is 46.5 Å². The molecule has 1 rings (SSSR count). The zero-order chi connectivity index (χ0) is 16.9. The first-order valence-corrected chi connectivity index (χ1v) is 7.54. The molecular formula is C15H24N2O5. The Bertz CT molecular complexity index is 461. The van der Waals surface area contributed by atoms with Crippen LogP contribution in [0.5, 0.6) is 0 Å². The van der Waals surface area contributed by atoms with E-state index in [-0.39, 0.29) is 24.0 Å². The molecule has 0 spiro atoms. The van der Waals surface area contributed by atoms with Crippen LogP contribution in [0.15, 0.2) is 0 Å². The zero-order valence-corrected chi connectivity index (χ0v) is 13.2. The first-order valence-electron chi connectivity index (χ1n) is 7.54. The van der Waals surface area contributed by atoms with Crippen molar-refractivity contribution in [3.63, 3.8) is 0 Å². The summed E-state index contributed by atoms with van der Waals surface area (Å²) in [5.74, 6) is -2.58. The van der Waals surface area contributed by atoms with E-state index in [0.29, 0.717) is 19.3 Å². The van der Waals surface area contributed by atoms with Crippen molar-refractivity contribution in [2.45, 2.75) is 58.5 Å². The summed E-state index contributed by atoms with van der Waals surface area (Å²) in [5, 5.41) is 14.4. The molecule has 0 aromatic heterocycles. The fourth-order valence-electron chi connectivity index (χ4n) is 2.72. The molecule has 1 aliphatic carbocycles. The second-order valence-corrected chi connectivity index (χ2v) is 6.14. The lowest BCUT2D eigenvalue weighted by molar-refractivity contribution is -0.145. The highest BCUT2D eigenvalue weighted by atomic mass is 16.4. The van der Waals surface area contributed by atoms with Crippen LogP contribution in [0.3, 0.4) is 0 Å². The predicted octanol–water partition coefficient (Wildman–Crippen LogP) is 0.476. The van der Waals surface area contributed by atoms with E-state index in [1.807, 2.05) is 0 Å². The molecule has 0 aliphatic heterocycles. The number of carbonyl (C=O) groups is 4. The van der Waals surface area contributed by atoms with E-state index in [9.17, 15) is 24.3 Å². The highest BCUT2D eigenvalue weighted by Gasteiger charge is 2.35. The SMILES string of the molecule is CC(=O)N[C@@H](C(=O)N[C@H](C(=O)O)[C@@H]1CCCC(=O)C1)C(C)C. The van der Waals surface area contributed by atoms with E-state index < -0.39 is 29.9 Å². The number of carboxylic acid groups (broad SMARTS) is 1. The molecule has 0 aromatic carbocycles. The number of hydrogen-bond acceptors (Lipinski definition) is 4. The highest BCUT2D eigenvalue weighted by Crippen LogP contribution is 2.24. The van der Waals surface area contributed by atoms with Crippen LogP contribution in [-0.4, -0.2) is 40.8 Å². The predicted molar refractivity (Wildman–Crippen MR) is 79.0 cm³/mol. The van der Waals surface area contributed by atoms with Crippen LogP contribution >= 0.6 is 0 Å². The van der Waals surface area contributed by atoms with Gasteiger partial charge in [-0.15, -0.1) is 0 Å². The Morgan fingerprint density at radius 2 is 1.86 bits per heavy atom. The number of amides is 2. The molecule has 7 nitrogen and oxygen atoms in total. The summed E-state index contributed by atoms with van der Waals surface area (Å²) < 4.78 is 0. The molecule has 2 amide bonds. The third-order valence-corrected chi connectivity index (χ3v) is 3.86. The summed E-state index contributed by atoms with van der Waals surface area (Å²) in [6.45, 7) is 4.83. The monoisotopic (exact) mass is 312 g/mol. The van der Waals surface area contributed by atoms with Crippen molar-refractivity contribution in [1.82, 2.24) is 10.6 Å². The first-order chi connectivity index (χ1) is 10.2. The molecule has 3 atom stereocenters. The average molecular weight is 312 g/mol. The molecular weight excluding hydrogens is 288 g/mol. The normalized spacial score (nSPS) is 21.1. The molecule has 0 unspecified atom stereocenters. The number of hydrogen-bond donors (Lipinski definition) is 3. The molecule has 1 saturated carbocycles. The molecule has 7 heteroatoms. The minimum atomic E-state index is -1.15. The third-order valence-electron chi connectivity index (χ3n) is 3.86. The molecule has 0 bridgehead atoms. The zero-order valence-electron chi connectivity index (χ0n) is 13.2. The van der Waals surface area contributed by atoms with Gasteiger partial charge in [-0.3, -0.25) is 14.4 Å². The van der Waals surface area contributed by atoms with Crippen molar-refractivity contribution in [2.24, 2.45) is 11.8 Å². The number of carboxylic acids is 1. The summed E-state index contributed by atoms with van der Waals surface area (Å²) in [6, 6.07) is -1.90. The Balaban J connectivity index is 2.80. The van der Waals surface area contributed by atoms with Crippen LogP contribution in [-0.2, 0) is 19.2 Å². The van der Waals surface area contributed by atoms with Gasteiger partial charge in [0, 0.05) is 19.8 Å². The number of carbonyl (C=O) groups excluding carboxylic acids is 3. The van der Waals surface area contributed by atoms with Crippen molar-refractivity contribution in [3.05, 3.63) is 0 Å².